The van der Waals surface area contributed by atoms with Crippen LogP contribution in [0.5, 0.6) is 5.75 Å². The second-order valence-corrected chi connectivity index (χ2v) is 5.92. The third kappa shape index (κ3) is 3.86. The minimum atomic E-state index is 0.0510. The van der Waals surface area contributed by atoms with Crippen molar-refractivity contribution in [3.8, 4) is 5.75 Å². The Kier molecular flexibility index (Phi) is 6.46. The SMILES string of the molecule is CCC(CC)(CS)COc1c(Cl)cc(Cl)cc1Cl. The van der Waals surface area contributed by atoms with Crippen LogP contribution in [-0.4, -0.2) is 12.4 Å². The van der Waals surface area contributed by atoms with Gasteiger partial charge in [-0.2, -0.15) is 12.6 Å². The summed E-state index contributed by atoms with van der Waals surface area (Å²) in [5.41, 5.74) is 0.0510. The Labute approximate surface area is 129 Å². The molecule has 0 aliphatic rings. The molecule has 0 atom stereocenters. The molecule has 1 aromatic rings. The first kappa shape index (κ1) is 16.3. The van der Waals surface area contributed by atoms with Crippen molar-refractivity contribution in [2.45, 2.75) is 26.7 Å². The highest BCUT2D eigenvalue weighted by atomic mass is 35.5. The summed E-state index contributed by atoms with van der Waals surface area (Å²) < 4.78 is 5.79. The Hall–Kier alpha value is 0.240. The van der Waals surface area contributed by atoms with E-state index in [1.807, 2.05) is 0 Å². The predicted molar refractivity (Wildman–Crippen MR) is 83.8 cm³/mol. The van der Waals surface area contributed by atoms with Gasteiger partial charge in [0.15, 0.2) is 5.75 Å². The molecule has 0 spiro atoms. The molecule has 0 aliphatic heterocycles. The van der Waals surface area contributed by atoms with E-state index in [0.29, 0.717) is 27.4 Å². The first-order chi connectivity index (χ1) is 8.48. The van der Waals surface area contributed by atoms with Crippen molar-refractivity contribution in [3.63, 3.8) is 0 Å². The molecule has 0 unspecified atom stereocenters. The third-order valence-corrected chi connectivity index (χ3v) is 4.77. The molecule has 0 aliphatic carbocycles. The lowest BCUT2D eigenvalue weighted by molar-refractivity contribution is 0.157. The van der Waals surface area contributed by atoms with E-state index in [1.165, 1.54) is 0 Å². The van der Waals surface area contributed by atoms with Gasteiger partial charge in [0.2, 0.25) is 0 Å². The van der Waals surface area contributed by atoms with E-state index >= 15 is 0 Å². The molecule has 0 N–H and O–H groups in total. The molecule has 0 fully saturated rings. The summed E-state index contributed by atoms with van der Waals surface area (Å²) in [5, 5.41) is 1.38. The molecule has 1 rings (SSSR count). The Balaban J connectivity index is 2.86. The van der Waals surface area contributed by atoms with E-state index in [2.05, 4.69) is 26.5 Å². The van der Waals surface area contributed by atoms with E-state index in [0.717, 1.165) is 18.6 Å². The number of ether oxygens (including phenoxy) is 1. The van der Waals surface area contributed by atoms with Crippen LogP contribution in [0.15, 0.2) is 12.1 Å². The van der Waals surface area contributed by atoms with Gasteiger partial charge in [-0.25, -0.2) is 0 Å². The van der Waals surface area contributed by atoms with Crippen LogP contribution in [0.4, 0.5) is 0 Å². The lowest BCUT2D eigenvalue weighted by Gasteiger charge is -2.30. The molecule has 1 nitrogen and oxygen atoms in total. The molecule has 0 aromatic heterocycles. The molecule has 0 saturated heterocycles. The maximum absolute atomic E-state index is 6.08. The van der Waals surface area contributed by atoms with Crippen molar-refractivity contribution >= 4 is 47.4 Å². The fourth-order valence-corrected chi connectivity index (χ4v) is 3.08. The van der Waals surface area contributed by atoms with E-state index in [9.17, 15) is 0 Å². The molecular formula is C13H17Cl3OS. The molecule has 0 heterocycles. The molecule has 18 heavy (non-hydrogen) atoms. The summed E-state index contributed by atoms with van der Waals surface area (Å²) in [6.07, 6.45) is 1.99. The highest BCUT2D eigenvalue weighted by Crippen LogP contribution is 2.38. The van der Waals surface area contributed by atoms with Crippen molar-refractivity contribution in [2.75, 3.05) is 12.4 Å². The molecule has 0 radical (unpaired) electrons. The van der Waals surface area contributed by atoms with E-state index in [-0.39, 0.29) is 5.41 Å². The van der Waals surface area contributed by atoms with Crippen LogP contribution in [0.3, 0.4) is 0 Å². The van der Waals surface area contributed by atoms with Crippen LogP contribution in [-0.2, 0) is 0 Å². The van der Waals surface area contributed by atoms with Crippen molar-refractivity contribution in [1.29, 1.82) is 0 Å². The second-order valence-electron chi connectivity index (χ2n) is 4.35. The topological polar surface area (TPSA) is 9.23 Å². The predicted octanol–water partition coefficient (Wildman–Crippen LogP) is 5.76. The number of benzene rings is 1. The number of hydrogen-bond acceptors (Lipinski definition) is 2. The molecule has 1 aromatic carbocycles. The fourth-order valence-electron chi connectivity index (χ4n) is 1.62. The fraction of sp³-hybridized carbons (Fsp3) is 0.538. The lowest BCUT2D eigenvalue weighted by Crippen LogP contribution is -2.29. The second kappa shape index (κ2) is 7.14. The van der Waals surface area contributed by atoms with Gasteiger partial charge in [-0.1, -0.05) is 48.7 Å². The van der Waals surface area contributed by atoms with Crippen LogP contribution in [0.1, 0.15) is 26.7 Å². The van der Waals surface area contributed by atoms with E-state index < -0.39 is 0 Å². The Morgan fingerprint density at radius 2 is 1.61 bits per heavy atom. The van der Waals surface area contributed by atoms with Crippen LogP contribution < -0.4 is 4.74 Å². The van der Waals surface area contributed by atoms with Crippen LogP contribution in [0.2, 0.25) is 15.1 Å². The van der Waals surface area contributed by atoms with Crippen molar-refractivity contribution in [2.24, 2.45) is 5.41 Å². The largest absolute Gasteiger partial charge is 0.490 e. The van der Waals surface area contributed by atoms with Gasteiger partial charge in [0.25, 0.3) is 0 Å². The normalized spacial score (nSPS) is 11.7. The molecule has 0 amide bonds. The monoisotopic (exact) mass is 326 g/mol. The molecule has 0 bridgehead atoms. The van der Waals surface area contributed by atoms with Crippen LogP contribution in [0.25, 0.3) is 0 Å². The van der Waals surface area contributed by atoms with Gasteiger partial charge < -0.3 is 4.74 Å². The zero-order valence-corrected chi connectivity index (χ0v) is 13.6. The minimum absolute atomic E-state index is 0.0510. The average Bonchev–Trinajstić information content (AvgIpc) is 2.33. The summed E-state index contributed by atoms with van der Waals surface area (Å²) in [6.45, 7) is 4.81. The van der Waals surface area contributed by atoms with Gasteiger partial charge in [-0.15, -0.1) is 0 Å². The van der Waals surface area contributed by atoms with Crippen molar-refractivity contribution in [3.05, 3.63) is 27.2 Å². The lowest BCUT2D eigenvalue weighted by atomic mass is 9.85. The quantitative estimate of drug-likeness (QED) is 0.653. The summed E-state index contributed by atoms with van der Waals surface area (Å²) in [6, 6.07) is 3.26. The summed E-state index contributed by atoms with van der Waals surface area (Å²) in [5.74, 6) is 1.26. The highest BCUT2D eigenvalue weighted by molar-refractivity contribution is 7.80. The minimum Gasteiger partial charge on any atom is -0.490 e. The molecule has 5 heteroatoms. The average molecular weight is 328 g/mol. The van der Waals surface area contributed by atoms with Gasteiger partial charge >= 0.3 is 0 Å². The van der Waals surface area contributed by atoms with E-state index in [4.69, 9.17) is 39.5 Å². The van der Waals surface area contributed by atoms with Gasteiger partial charge in [0.1, 0.15) is 0 Å². The van der Waals surface area contributed by atoms with Gasteiger partial charge in [0, 0.05) is 10.4 Å². The zero-order chi connectivity index (χ0) is 13.8. The Morgan fingerprint density at radius 1 is 1.11 bits per heavy atom. The van der Waals surface area contributed by atoms with Gasteiger partial charge in [-0.05, 0) is 30.7 Å². The number of rotatable bonds is 6. The van der Waals surface area contributed by atoms with Gasteiger partial charge in [0.05, 0.1) is 16.7 Å². The number of halogens is 3. The maximum atomic E-state index is 6.08. The smallest absolute Gasteiger partial charge is 0.156 e. The summed E-state index contributed by atoms with van der Waals surface area (Å²) in [7, 11) is 0. The summed E-state index contributed by atoms with van der Waals surface area (Å²) in [4.78, 5) is 0. The standard InChI is InChI=1S/C13H17Cl3OS/c1-3-13(4-2,8-18)7-17-12-10(15)5-9(14)6-11(12)16/h5-6,18H,3-4,7-8H2,1-2H3. The first-order valence-electron chi connectivity index (χ1n) is 5.86. The van der Waals surface area contributed by atoms with E-state index in [1.54, 1.807) is 12.1 Å². The van der Waals surface area contributed by atoms with Crippen molar-refractivity contribution < 1.29 is 4.74 Å². The molecular weight excluding hydrogens is 311 g/mol. The molecule has 0 saturated carbocycles. The van der Waals surface area contributed by atoms with Crippen LogP contribution >= 0.6 is 47.4 Å². The zero-order valence-electron chi connectivity index (χ0n) is 10.5. The first-order valence-corrected chi connectivity index (χ1v) is 7.63. The Bertz CT molecular complexity index is 374. The summed E-state index contributed by atoms with van der Waals surface area (Å²) >= 11 is 22.4. The highest BCUT2D eigenvalue weighted by Gasteiger charge is 2.26. The maximum Gasteiger partial charge on any atom is 0.156 e. The number of hydrogen-bond donors (Lipinski definition) is 1. The van der Waals surface area contributed by atoms with Gasteiger partial charge in [-0.3, -0.25) is 0 Å². The molecule has 102 valence electrons. The Morgan fingerprint density at radius 3 is 2.00 bits per heavy atom. The third-order valence-electron chi connectivity index (χ3n) is 3.32. The van der Waals surface area contributed by atoms with Crippen molar-refractivity contribution in [1.82, 2.24) is 0 Å². The number of thiol groups is 1. The van der Waals surface area contributed by atoms with Crippen LogP contribution in [0, 0.1) is 5.41 Å².